The molecule has 2 saturated heterocycles. The Morgan fingerprint density at radius 3 is 2.15 bits per heavy atom. The molecule has 4 fully saturated rings. The molecule has 134 valence electrons. The van der Waals surface area contributed by atoms with E-state index in [-0.39, 0.29) is 5.91 Å². The number of amides is 1. The number of piperidine rings is 2. The lowest BCUT2D eigenvalue weighted by atomic mass is 9.57. The van der Waals surface area contributed by atoms with Gasteiger partial charge in [-0.3, -0.25) is 4.79 Å². The summed E-state index contributed by atoms with van der Waals surface area (Å²) in [6.45, 7) is 0.837. The van der Waals surface area contributed by atoms with Crippen molar-refractivity contribution >= 4 is 5.91 Å². The van der Waals surface area contributed by atoms with Crippen LogP contribution in [0.3, 0.4) is 0 Å². The fourth-order valence-corrected chi connectivity index (χ4v) is 5.11. The van der Waals surface area contributed by atoms with Crippen LogP contribution in [0.15, 0.2) is 54.6 Å². The zero-order valence-electron chi connectivity index (χ0n) is 15.0. The van der Waals surface area contributed by atoms with Gasteiger partial charge in [0, 0.05) is 23.6 Å². The zero-order chi connectivity index (χ0) is 17.8. The van der Waals surface area contributed by atoms with E-state index in [2.05, 4.69) is 35.2 Å². The molecule has 2 aliphatic carbocycles. The molecule has 2 aliphatic heterocycles. The number of benzene rings is 2. The topological polar surface area (TPSA) is 40.5 Å². The van der Waals surface area contributed by atoms with Gasteiger partial charge in [0.2, 0.25) is 0 Å². The number of nitrogens with zero attached hydrogens (tertiary/aromatic N) is 1. The third kappa shape index (κ3) is 2.34. The van der Waals surface area contributed by atoms with Gasteiger partial charge in [-0.15, -0.1) is 0 Å². The summed E-state index contributed by atoms with van der Waals surface area (Å²) in [5, 5.41) is 10.4. The maximum atomic E-state index is 13.0. The maximum Gasteiger partial charge on any atom is 0.254 e. The van der Waals surface area contributed by atoms with Gasteiger partial charge in [0.15, 0.2) is 0 Å². The summed E-state index contributed by atoms with van der Waals surface area (Å²) in [7, 11) is 0. The molecular formula is C23H25NO2. The van der Waals surface area contributed by atoms with Gasteiger partial charge in [-0.2, -0.15) is 0 Å². The predicted molar refractivity (Wildman–Crippen MR) is 101 cm³/mol. The van der Waals surface area contributed by atoms with Crippen LogP contribution in [-0.4, -0.2) is 28.5 Å². The Bertz CT molecular complexity index is 812. The number of hydrogen-bond donors (Lipinski definition) is 1. The molecule has 2 heterocycles. The van der Waals surface area contributed by atoms with Gasteiger partial charge in [0.25, 0.3) is 5.91 Å². The molecule has 2 aromatic rings. The van der Waals surface area contributed by atoms with Crippen molar-refractivity contribution in [3.63, 3.8) is 0 Å². The molecule has 0 aromatic heterocycles. The monoisotopic (exact) mass is 347 g/mol. The summed E-state index contributed by atoms with van der Waals surface area (Å²) >= 11 is 0. The molecule has 0 atom stereocenters. The van der Waals surface area contributed by atoms with E-state index in [0.717, 1.165) is 56.2 Å². The van der Waals surface area contributed by atoms with Gasteiger partial charge in [-0.1, -0.05) is 42.5 Å². The van der Waals surface area contributed by atoms with E-state index in [1.54, 1.807) is 0 Å². The molecule has 26 heavy (non-hydrogen) atoms. The van der Waals surface area contributed by atoms with Crippen LogP contribution in [0, 0.1) is 0 Å². The summed E-state index contributed by atoms with van der Waals surface area (Å²) in [5.41, 5.74) is 2.76. The smallest absolute Gasteiger partial charge is 0.254 e. The van der Waals surface area contributed by atoms with Gasteiger partial charge in [0.05, 0.1) is 5.60 Å². The van der Waals surface area contributed by atoms with E-state index in [4.69, 9.17) is 0 Å². The summed E-state index contributed by atoms with van der Waals surface area (Å²) in [6, 6.07) is 18.8. The molecular weight excluding hydrogens is 322 g/mol. The number of fused-ring (bicyclic) bond motifs is 2. The first-order chi connectivity index (χ1) is 12.6. The van der Waals surface area contributed by atoms with Crippen LogP contribution in [0.4, 0.5) is 0 Å². The van der Waals surface area contributed by atoms with Crippen LogP contribution in [0.2, 0.25) is 0 Å². The Morgan fingerprint density at radius 1 is 0.923 bits per heavy atom. The first-order valence-corrected chi connectivity index (χ1v) is 9.79. The molecule has 3 heteroatoms. The van der Waals surface area contributed by atoms with Crippen molar-refractivity contribution in [3.8, 4) is 0 Å². The SMILES string of the molecule is O=C(c1ccc(C2(O)CCC2)cc1)N1CCC2(c3ccccc3)CC1C2. The molecule has 2 aromatic carbocycles. The van der Waals surface area contributed by atoms with Crippen LogP contribution in [-0.2, 0) is 11.0 Å². The molecule has 3 nitrogen and oxygen atoms in total. The van der Waals surface area contributed by atoms with Gasteiger partial charge in [-0.25, -0.2) is 0 Å². The Labute approximate surface area is 154 Å². The van der Waals surface area contributed by atoms with Crippen molar-refractivity contribution in [2.45, 2.75) is 55.6 Å². The number of carbonyl (C=O) groups is 1. The van der Waals surface area contributed by atoms with Crippen LogP contribution >= 0.6 is 0 Å². The second kappa shape index (κ2) is 5.68. The van der Waals surface area contributed by atoms with Gasteiger partial charge in [-0.05, 0) is 61.8 Å². The highest BCUT2D eigenvalue weighted by molar-refractivity contribution is 5.94. The molecule has 0 unspecified atom stereocenters. The van der Waals surface area contributed by atoms with Crippen LogP contribution in [0.1, 0.15) is 60.0 Å². The maximum absolute atomic E-state index is 13.0. The third-order valence-corrected chi connectivity index (χ3v) is 7.02. The lowest BCUT2D eigenvalue weighted by Crippen LogP contribution is -2.61. The van der Waals surface area contributed by atoms with Gasteiger partial charge in [0.1, 0.15) is 0 Å². The number of rotatable bonds is 3. The summed E-state index contributed by atoms with van der Waals surface area (Å²) in [6.07, 6.45) is 5.96. The lowest BCUT2D eigenvalue weighted by molar-refractivity contribution is -0.0388. The Hall–Kier alpha value is -2.13. The first-order valence-electron chi connectivity index (χ1n) is 9.79. The summed E-state index contributed by atoms with van der Waals surface area (Å²) in [4.78, 5) is 15.1. The Morgan fingerprint density at radius 2 is 1.62 bits per heavy atom. The third-order valence-electron chi connectivity index (χ3n) is 7.02. The minimum atomic E-state index is -0.657. The molecule has 0 spiro atoms. The van der Waals surface area contributed by atoms with Crippen molar-refractivity contribution < 1.29 is 9.90 Å². The first kappa shape index (κ1) is 16.1. The molecule has 4 aliphatic rings. The summed E-state index contributed by atoms with van der Waals surface area (Å²) < 4.78 is 0. The summed E-state index contributed by atoms with van der Waals surface area (Å²) in [5.74, 6) is 0.142. The molecule has 2 saturated carbocycles. The van der Waals surface area contributed by atoms with Crippen molar-refractivity contribution in [1.82, 2.24) is 4.90 Å². The highest BCUT2D eigenvalue weighted by atomic mass is 16.3. The normalized spacial score (nSPS) is 28.8. The van der Waals surface area contributed by atoms with Crippen molar-refractivity contribution in [3.05, 3.63) is 71.3 Å². The second-order valence-electron chi connectivity index (χ2n) is 8.42. The van der Waals surface area contributed by atoms with Crippen molar-refractivity contribution in [1.29, 1.82) is 0 Å². The van der Waals surface area contributed by atoms with Gasteiger partial charge < -0.3 is 10.0 Å². The largest absolute Gasteiger partial charge is 0.385 e. The van der Waals surface area contributed by atoms with Crippen LogP contribution in [0.5, 0.6) is 0 Å². The van der Waals surface area contributed by atoms with E-state index in [0.29, 0.717) is 11.5 Å². The predicted octanol–water partition coefficient (Wildman–Crippen LogP) is 4.00. The number of hydrogen-bond acceptors (Lipinski definition) is 2. The van der Waals surface area contributed by atoms with E-state index in [1.165, 1.54) is 5.56 Å². The molecule has 1 amide bonds. The highest BCUT2D eigenvalue weighted by Crippen LogP contribution is 2.52. The lowest BCUT2D eigenvalue weighted by Gasteiger charge is -2.58. The number of carbonyl (C=O) groups excluding carboxylic acids is 1. The van der Waals surface area contributed by atoms with E-state index in [1.807, 2.05) is 24.3 Å². The highest BCUT2D eigenvalue weighted by Gasteiger charge is 2.52. The number of aliphatic hydroxyl groups is 1. The van der Waals surface area contributed by atoms with Crippen molar-refractivity contribution in [2.24, 2.45) is 0 Å². The quantitative estimate of drug-likeness (QED) is 0.911. The van der Waals surface area contributed by atoms with E-state index in [9.17, 15) is 9.90 Å². The second-order valence-corrected chi connectivity index (χ2v) is 8.42. The Balaban J connectivity index is 1.29. The van der Waals surface area contributed by atoms with E-state index >= 15 is 0 Å². The Kier molecular flexibility index (Phi) is 3.51. The molecule has 6 rings (SSSR count). The minimum absolute atomic E-state index is 0.142. The average Bonchev–Trinajstić information content (AvgIpc) is 2.65. The molecule has 0 radical (unpaired) electrons. The fraction of sp³-hybridized carbons (Fsp3) is 0.435. The molecule has 2 bridgehead atoms. The van der Waals surface area contributed by atoms with E-state index < -0.39 is 5.60 Å². The average molecular weight is 347 g/mol. The molecule has 1 N–H and O–H groups in total. The van der Waals surface area contributed by atoms with Gasteiger partial charge >= 0.3 is 0 Å². The standard InChI is InChI=1S/C23H25NO2/c25-21(17-7-9-19(10-8-17)23(26)11-4-12-23)24-14-13-22(15-20(24)16-22)18-5-2-1-3-6-18/h1-3,5-10,20,26H,4,11-16H2. The fourth-order valence-electron chi connectivity index (χ4n) is 5.11. The van der Waals surface area contributed by atoms with Crippen LogP contribution < -0.4 is 0 Å². The minimum Gasteiger partial charge on any atom is -0.385 e. The van der Waals surface area contributed by atoms with Crippen molar-refractivity contribution in [2.75, 3.05) is 6.54 Å². The zero-order valence-corrected chi connectivity index (χ0v) is 15.0. The van der Waals surface area contributed by atoms with Crippen LogP contribution in [0.25, 0.3) is 0 Å².